The van der Waals surface area contributed by atoms with Crippen LogP contribution in [-0.2, 0) is 19.1 Å². The normalized spacial score (nSPS) is 21.6. The van der Waals surface area contributed by atoms with Gasteiger partial charge in [0.15, 0.2) is 0 Å². The minimum absolute atomic E-state index is 0.0451. The minimum Gasteiger partial charge on any atom is -0.507 e. The third kappa shape index (κ3) is 3.91. The zero-order chi connectivity index (χ0) is 18.6. The predicted molar refractivity (Wildman–Crippen MR) is 94.0 cm³/mol. The van der Waals surface area contributed by atoms with E-state index in [0.29, 0.717) is 19.3 Å². The summed E-state index contributed by atoms with van der Waals surface area (Å²) < 4.78 is 4.77. The largest absolute Gasteiger partial charge is 0.507 e. The summed E-state index contributed by atoms with van der Waals surface area (Å²) in [4.78, 5) is 37.5. The maximum atomic E-state index is 12.7. The number of Topliss-reactive ketones (excluding diaryl/α,β-unsaturated/α-hetero) is 2. The maximum absolute atomic E-state index is 12.7. The van der Waals surface area contributed by atoms with Gasteiger partial charge in [-0.2, -0.15) is 0 Å². The van der Waals surface area contributed by atoms with E-state index in [-0.39, 0.29) is 28.4 Å². The van der Waals surface area contributed by atoms with E-state index in [0.717, 1.165) is 31.3 Å². The van der Waals surface area contributed by atoms with Crippen molar-refractivity contribution in [2.45, 2.75) is 58.8 Å². The lowest BCUT2D eigenvalue weighted by atomic mass is 9.77. The van der Waals surface area contributed by atoms with Gasteiger partial charge in [-0.15, -0.1) is 0 Å². The van der Waals surface area contributed by atoms with E-state index < -0.39 is 17.5 Å². The summed E-state index contributed by atoms with van der Waals surface area (Å²) in [5, 5.41) is 10.7. The number of unbranched alkanes of at least 4 members (excludes halogenated alkanes) is 2. The van der Waals surface area contributed by atoms with Gasteiger partial charge in [0.05, 0.1) is 12.7 Å². The van der Waals surface area contributed by atoms with Crippen LogP contribution in [0.25, 0.3) is 0 Å². The summed E-state index contributed by atoms with van der Waals surface area (Å²) in [6.45, 7) is 3.99. The molecule has 5 nitrogen and oxygen atoms in total. The first kappa shape index (κ1) is 19.2. The molecule has 5 heteroatoms. The molecule has 2 rings (SSSR count). The molecule has 0 saturated carbocycles. The zero-order valence-electron chi connectivity index (χ0n) is 15.2. The van der Waals surface area contributed by atoms with Crippen molar-refractivity contribution in [3.63, 3.8) is 0 Å². The second kappa shape index (κ2) is 8.28. The first-order valence-corrected chi connectivity index (χ1v) is 8.93. The molecule has 0 saturated heterocycles. The number of hydrogen-bond acceptors (Lipinski definition) is 5. The van der Waals surface area contributed by atoms with Crippen LogP contribution >= 0.6 is 0 Å². The fraction of sp³-hybridized carbons (Fsp3) is 0.550. The van der Waals surface area contributed by atoms with Crippen molar-refractivity contribution in [2.24, 2.45) is 5.92 Å². The van der Waals surface area contributed by atoms with Gasteiger partial charge in [-0.05, 0) is 39.0 Å². The van der Waals surface area contributed by atoms with Crippen LogP contribution in [0.15, 0.2) is 34.1 Å². The predicted octanol–water partition coefficient (Wildman–Crippen LogP) is 3.75. The summed E-state index contributed by atoms with van der Waals surface area (Å²) in [5.41, 5.74) is 1.12. The Labute approximate surface area is 148 Å². The lowest BCUT2D eigenvalue weighted by molar-refractivity contribution is -0.137. The van der Waals surface area contributed by atoms with Crippen molar-refractivity contribution in [3.8, 4) is 0 Å². The average Bonchev–Trinajstić information content (AvgIpc) is 2.59. The number of methoxy groups -OCH3 is 1. The average molecular weight is 346 g/mol. The van der Waals surface area contributed by atoms with Gasteiger partial charge in [0.2, 0.25) is 11.6 Å². The van der Waals surface area contributed by atoms with E-state index in [1.54, 1.807) is 0 Å². The first-order valence-electron chi connectivity index (χ1n) is 8.93. The number of esters is 1. The Morgan fingerprint density at radius 3 is 2.60 bits per heavy atom. The highest BCUT2D eigenvalue weighted by Crippen LogP contribution is 2.37. The third-order valence-corrected chi connectivity index (χ3v) is 4.88. The number of carbonyl (C=O) groups is 3. The van der Waals surface area contributed by atoms with Gasteiger partial charge in [-0.1, -0.05) is 31.4 Å². The number of allylic oxidation sites excluding steroid dienone is 4. The lowest BCUT2D eigenvalue weighted by Gasteiger charge is -2.26. The second-order valence-electron chi connectivity index (χ2n) is 6.73. The molecule has 0 aromatic heterocycles. The maximum Gasteiger partial charge on any atom is 0.342 e. The molecule has 0 aromatic carbocycles. The standard InChI is InChI=1S/C20H26O5/c1-4-5-6-10-14-16(20(24)25-3)18(22)15(19(23)17(14)21)13-9-7-8-12(2)11-13/h11,13,22H,4-10H2,1-3H3. The van der Waals surface area contributed by atoms with E-state index in [9.17, 15) is 19.5 Å². The van der Waals surface area contributed by atoms with E-state index in [1.165, 1.54) is 7.11 Å². The van der Waals surface area contributed by atoms with Gasteiger partial charge in [0.1, 0.15) is 11.3 Å². The quantitative estimate of drug-likeness (QED) is 0.260. The van der Waals surface area contributed by atoms with Crippen LogP contribution in [0.5, 0.6) is 0 Å². The molecule has 1 N–H and O–H groups in total. The SMILES string of the molecule is CCCCCC1=C(C(=O)OC)C(O)=C(C2C=C(C)CCC2)C(=O)C1=O. The fourth-order valence-electron chi connectivity index (χ4n) is 3.55. The van der Waals surface area contributed by atoms with Crippen LogP contribution in [0, 0.1) is 5.92 Å². The highest BCUT2D eigenvalue weighted by atomic mass is 16.5. The molecule has 0 spiro atoms. The first-order chi connectivity index (χ1) is 11.9. The van der Waals surface area contributed by atoms with Gasteiger partial charge in [0.25, 0.3) is 0 Å². The molecule has 0 aromatic rings. The van der Waals surface area contributed by atoms with Gasteiger partial charge >= 0.3 is 5.97 Å². The summed E-state index contributed by atoms with van der Waals surface area (Å²) in [7, 11) is 1.21. The molecule has 2 aliphatic rings. The van der Waals surface area contributed by atoms with Crippen molar-refractivity contribution in [1.29, 1.82) is 0 Å². The molecule has 1 unspecified atom stereocenters. The highest BCUT2D eigenvalue weighted by molar-refractivity contribution is 6.51. The molecule has 1 atom stereocenters. The van der Waals surface area contributed by atoms with E-state index in [4.69, 9.17) is 4.74 Å². The fourth-order valence-corrected chi connectivity index (χ4v) is 3.55. The van der Waals surface area contributed by atoms with Crippen molar-refractivity contribution < 1.29 is 24.2 Å². The molecule has 136 valence electrons. The topological polar surface area (TPSA) is 80.7 Å². The Balaban J connectivity index is 2.53. The number of carbonyl (C=O) groups excluding carboxylic acids is 3. The number of rotatable bonds is 6. The number of aliphatic hydroxyl groups is 1. The second-order valence-corrected chi connectivity index (χ2v) is 6.73. The van der Waals surface area contributed by atoms with E-state index >= 15 is 0 Å². The van der Waals surface area contributed by atoms with Crippen LogP contribution in [0.2, 0.25) is 0 Å². The highest BCUT2D eigenvalue weighted by Gasteiger charge is 2.40. The molecular formula is C20H26O5. The Morgan fingerprint density at radius 2 is 2.00 bits per heavy atom. The summed E-state index contributed by atoms with van der Waals surface area (Å²) in [6, 6.07) is 0. The Hall–Kier alpha value is -2.17. The molecule has 0 radical (unpaired) electrons. The molecule has 0 aliphatic heterocycles. The van der Waals surface area contributed by atoms with Gasteiger partial charge < -0.3 is 9.84 Å². The Bertz CT molecular complexity index is 678. The molecule has 0 heterocycles. The van der Waals surface area contributed by atoms with Crippen LogP contribution in [0.1, 0.15) is 58.8 Å². The van der Waals surface area contributed by atoms with Crippen LogP contribution in [-0.4, -0.2) is 29.8 Å². The van der Waals surface area contributed by atoms with Crippen LogP contribution in [0.3, 0.4) is 0 Å². The number of hydrogen-bond donors (Lipinski definition) is 1. The molecule has 2 aliphatic carbocycles. The van der Waals surface area contributed by atoms with E-state index in [2.05, 4.69) is 0 Å². The van der Waals surface area contributed by atoms with Gasteiger partial charge in [0, 0.05) is 11.5 Å². The van der Waals surface area contributed by atoms with Crippen molar-refractivity contribution in [1.82, 2.24) is 0 Å². The monoisotopic (exact) mass is 346 g/mol. The van der Waals surface area contributed by atoms with Crippen molar-refractivity contribution in [3.05, 3.63) is 34.1 Å². The number of ketones is 2. The smallest absolute Gasteiger partial charge is 0.342 e. The van der Waals surface area contributed by atoms with Gasteiger partial charge in [-0.25, -0.2) is 4.79 Å². The van der Waals surface area contributed by atoms with Crippen molar-refractivity contribution >= 4 is 17.5 Å². The van der Waals surface area contributed by atoms with E-state index in [1.807, 2.05) is 19.9 Å². The number of ether oxygens (including phenoxy) is 1. The molecule has 0 bridgehead atoms. The Kier molecular flexibility index (Phi) is 6.34. The number of aliphatic hydroxyl groups excluding tert-OH is 1. The lowest BCUT2D eigenvalue weighted by Crippen LogP contribution is -2.32. The Morgan fingerprint density at radius 1 is 1.28 bits per heavy atom. The zero-order valence-corrected chi connectivity index (χ0v) is 15.2. The van der Waals surface area contributed by atoms with Crippen LogP contribution < -0.4 is 0 Å². The molecular weight excluding hydrogens is 320 g/mol. The summed E-state index contributed by atoms with van der Waals surface area (Å²) in [6.07, 6.45) is 7.20. The molecule has 0 amide bonds. The molecule has 25 heavy (non-hydrogen) atoms. The summed E-state index contributed by atoms with van der Waals surface area (Å²) >= 11 is 0. The molecule has 0 fully saturated rings. The van der Waals surface area contributed by atoms with Crippen LogP contribution in [0.4, 0.5) is 0 Å². The van der Waals surface area contributed by atoms with Gasteiger partial charge in [-0.3, -0.25) is 9.59 Å². The van der Waals surface area contributed by atoms with Crippen molar-refractivity contribution in [2.75, 3.05) is 7.11 Å². The summed E-state index contributed by atoms with van der Waals surface area (Å²) in [5.74, 6) is -2.84. The third-order valence-electron chi connectivity index (χ3n) is 4.88. The minimum atomic E-state index is -0.765.